The maximum atomic E-state index is 12.8. The van der Waals surface area contributed by atoms with Crippen LogP contribution in [0.1, 0.15) is 28.6 Å². The highest BCUT2D eigenvalue weighted by molar-refractivity contribution is 6.03. The smallest absolute Gasteiger partial charge is 0.330 e. The molecule has 3 N–H and O–H groups in total. The third kappa shape index (κ3) is 2.84. The number of nitrogens with one attached hydrogen (secondary N) is 1. The lowest BCUT2D eigenvalue weighted by Gasteiger charge is -2.28. The van der Waals surface area contributed by atoms with Crippen LogP contribution in [-0.2, 0) is 4.74 Å². The molecular weight excluding hydrogens is 328 g/mol. The van der Waals surface area contributed by atoms with Gasteiger partial charge in [-0.05, 0) is 6.92 Å². The monoisotopic (exact) mass is 346 g/mol. The molecule has 1 aromatic carbocycles. The highest BCUT2D eigenvalue weighted by Gasteiger charge is 2.54. The number of rotatable bonds is 4. The molecule has 8 nitrogen and oxygen atoms in total. The molecule has 1 aliphatic heterocycles. The van der Waals surface area contributed by atoms with Crippen LogP contribution in [-0.4, -0.2) is 43.9 Å². The van der Waals surface area contributed by atoms with E-state index in [2.05, 4.69) is 4.98 Å². The van der Waals surface area contributed by atoms with Crippen molar-refractivity contribution in [2.75, 3.05) is 6.61 Å². The van der Waals surface area contributed by atoms with E-state index in [1.807, 2.05) is 0 Å². The fourth-order valence-electron chi connectivity index (χ4n) is 2.97. The van der Waals surface area contributed by atoms with E-state index >= 15 is 0 Å². The van der Waals surface area contributed by atoms with Gasteiger partial charge in [-0.3, -0.25) is 19.1 Å². The van der Waals surface area contributed by atoms with Gasteiger partial charge >= 0.3 is 5.69 Å². The van der Waals surface area contributed by atoms with Crippen molar-refractivity contribution < 1.29 is 19.7 Å². The number of Topliss-reactive ketones (excluding diaryl/α,β-unsaturated/α-hetero) is 1. The first-order chi connectivity index (χ1) is 11.9. The van der Waals surface area contributed by atoms with Gasteiger partial charge in [-0.1, -0.05) is 30.3 Å². The number of ketones is 1. The summed E-state index contributed by atoms with van der Waals surface area (Å²) in [6, 6.07) is 8.17. The average Bonchev–Trinajstić information content (AvgIpc) is 2.95. The fourth-order valence-corrected chi connectivity index (χ4v) is 2.97. The Morgan fingerprint density at radius 3 is 2.68 bits per heavy atom. The highest BCUT2D eigenvalue weighted by atomic mass is 16.6. The molecule has 0 aliphatic carbocycles. The molecule has 8 heteroatoms. The Balaban J connectivity index is 1.99. The van der Waals surface area contributed by atoms with Gasteiger partial charge in [0.25, 0.3) is 5.56 Å². The SMILES string of the molecule is Cc1cn([C@H]2C[C@H](O)[C@@](CO)(C(=O)c3ccccc3)O2)c(=O)[nH]c1=O. The Hall–Kier alpha value is -2.55. The second-order valence-electron chi connectivity index (χ2n) is 6.05. The number of hydrogen-bond donors (Lipinski definition) is 3. The summed E-state index contributed by atoms with van der Waals surface area (Å²) in [5.74, 6) is -0.570. The molecule has 132 valence electrons. The number of aromatic nitrogens is 2. The minimum atomic E-state index is -1.87. The van der Waals surface area contributed by atoms with Crippen LogP contribution in [0, 0.1) is 6.92 Å². The van der Waals surface area contributed by atoms with Gasteiger partial charge in [0.05, 0.1) is 12.7 Å². The Kier molecular flexibility index (Phi) is 4.42. The van der Waals surface area contributed by atoms with E-state index in [0.29, 0.717) is 0 Å². The molecule has 2 aromatic rings. The number of aromatic amines is 1. The van der Waals surface area contributed by atoms with Gasteiger partial charge < -0.3 is 14.9 Å². The summed E-state index contributed by atoms with van der Waals surface area (Å²) in [6.45, 7) is 0.782. The average molecular weight is 346 g/mol. The molecule has 0 saturated carbocycles. The Bertz CT molecular complexity index is 903. The van der Waals surface area contributed by atoms with Gasteiger partial charge in [0.1, 0.15) is 6.23 Å². The summed E-state index contributed by atoms with van der Waals surface area (Å²) in [5.41, 5.74) is -2.53. The maximum Gasteiger partial charge on any atom is 0.330 e. The van der Waals surface area contributed by atoms with Gasteiger partial charge in [0.2, 0.25) is 0 Å². The summed E-state index contributed by atoms with van der Waals surface area (Å²) in [4.78, 5) is 38.5. The zero-order chi connectivity index (χ0) is 18.2. The van der Waals surface area contributed by atoms with Gasteiger partial charge in [0, 0.05) is 23.7 Å². The van der Waals surface area contributed by atoms with Gasteiger partial charge in [-0.2, -0.15) is 0 Å². The van der Waals surface area contributed by atoms with Crippen molar-refractivity contribution in [1.29, 1.82) is 0 Å². The molecule has 1 aromatic heterocycles. The number of carbonyl (C=O) groups is 1. The van der Waals surface area contributed by atoms with Crippen molar-refractivity contribution in [1.82, 2.24) is 9.55 Å². The predicted octanol–water partition coefficient (Wildman–Crippen LogP) is -0.261. The lowest BCUT2D eigenvalue weighted by molar-refractivity contribution is -0.101. The molecule has 0 amide bonds. The third-order valence-corrected chi connectivity index (χ3v) is 4.42. The standard InChI is InChI=1S/C17H18N2O6/c1-10-8-19(16(24)18-15(10)23)13-7-12(21)17(9-20,25-13)14(22)11-5-3-2-4-6-11/h2-6,8,12-13,20-21H,7,9H2,1H3,(H,18,23,24)/t12-,13+,17-/m0/s1. The van der Waals surface area contributed by atoms with Crippen molar-refractivity contribution in [3.63, 3.8) is 0 Å². The minimum absolute atomic E-state index is 0.0788. The number of ether oxygens (including phenoxy) is 1. The Morgan fingerprint density at radius 1 is 1.36 bits per heavy atom. The molecule has 2 heterocycles. The quantitative estimate of drug-likeness (QED) is 0.656. The van der Waals surface area contributed by atoms with E-state index in [9.17, 15) is 24.6 Å². The van der Waals surface area contributed by atoms with Gasteiger partial charge in [-0.15, -0.1) is 0 Å². The number of aliphatic hydroxyl groups excluding tert-OH is 2. The molecule has 1 fully saturated rings. The summed E-state index contributed by atoms with van der Waals surface area (Å²) < 4.78 is 6.79. The lowest BCUT2D eigenvalue weighted by Crippen LogP contribution is -2.50. The van der Waals surface area contributed by atoms with Crippen LogP contribution in [0.25, 0.3) is 0 Å². The normalized spacial score (nSPS) is 25.9. The summed E-state index contributed by atoms with van der Waals surface area (Å²) in [6.07, 6.45) is -1.07. The first-order valence-corrected chi connectivity index (χ1v) is 7.77. The summed E-state index contributed by atoms with van der Waals surface area (Å²) >= 11 is 0. The van der Waals surface area contributed by atoms with Crippen LogP contribution in [0.15, 0.2) is 46.1 Å². The molecule has 1 saturated heterocycles. The highest BCUT2D eigenvalue weighted by Crippen LogP contribution is 2.38. The molecule has 0 unspecified atom stereocenters. The van der Waals surface area contributed by atoms with Crippen LogP contribution in [0.4, 0.5) is 0 Å². The lowest BCUT2D eigenvalue weighted by atomic mass is 9.88. The second-order valence-corrected chi connectivity index (χ2v) is 6.05. The van der Waals surface area contributed by atoms with E-state index in [1.54, 1.807) is 30.3 Å². The number of benzene rings is 1. The third-order valence-electron chi connectivity index (χ3n) is 4.42. The zero-order valence-corrected chi connectivity index (χ0v) is 13.5. The van der Waals surface area contributed by atoms with Crippen molar-refractivity contribution in [3.05, 3.63) is 68.5 Å². The molecule has 1 aliphatic rings. The van der Waals surface area contributed by atoms with Crippen molar-refractivity contribution >= 4 is 5.78 Å². The van der Waals surface area contributed by atoms with Crippen molar-refractivity contribution in [2.45, 2.75) is 31.3 Å². The number of aryl methyl sites for hydroxylation is 1. The Labute approximate surface area is 142 Å². The van der Waals surface area contributed by atoms with Crippen molar-refractivity contribution in [2.24, 2.45) is 0 Å². The summed E-state index contributed by atoms with van der Waals surface area (Å²) in [5, 5.41) is 20.2. The zero-order valence-electron chi connectivity index (χ0n) is 13.5. The predicted molar refractivity (Wildman–Crippen MR) is 87.4 cm³/mol. The number of hydrogen-bond acceptors (Lipinski definition) is 6. The summed E-state index contributed by atoms with van der Waals surface area (Å²) in [7, 11) is 0. The first kappa shape index (κ1) is 17.3. The van der Waals surface area contributed by atoms with E-state index in [-0.39, 0.29) is 17.5 Å². The molecule has 0 radical (unpaired) electrons. The topological polar surface area (TPSA) is 122 Å². The van der Waals surface area contributed by atoms with Gasteiger partial charge in [0.15, 0.2) is 11.4 Å². The van der Waals surface area contributed by atoms with Crippen LogP contribution in [0.3, 0.4) is 0 Å². The molecule has 0 bridgehead atoms. The second kappa shape index (κ2) is 6.40. The molecule has 3 rings (SSSR count). The van der Waals surface area contributed by atoms with Gasteiger partial charge in [-0.25, -0.2) is 4.79 Å². The van der Waals surface area contributed by atoms with Crippen LogP contribution in [0.5, 0.6) is 0 Å². The first-order valence-electron chi connectivity index (χ1n) is 7.77. The van der Waals surface area contributed by atoms with E-state index < -0.39 is 41.6 Å². The van der Waals surface area contributed by atoms with Crippen LogP contribution < -0.4 is 11.2 Å². The largest absolute Gasteiger partial charge is 0.393 e. The number of nitrogens with zero attached hydrogens (tertiary/aromatic N) is 1. The molecule has 3 atom stereocenters. The molecular formula is C17H18N2O6. The number of H-pyrrole nitrogens is 1. The number of carbonyl (C=O) groups excluding carboxylic acids is 1. The fraction of sp³-hybridized carbons (Fsp3) is 0.353. The van der Waals surface area contributed by atoms with E-state index in [1.165, 1.54) is 13.1 Å². The minimum Gasteiger partial charge on any atom is -0.393 e. The molecule has 25 heavy (non-hydrogen) atoms. The number of aliphatic hydroxyl groups is 2. The Morgan fingerprint density at radius 2 is 2.04 bits per heavy atom. The maximum absolute atomic E-state index is 12.8. The van der Waals surface area contributed by atoms with Crippen molar-refractivity contribution in [3.8, 4) is 0 Å². The van der Waals surface area contributed by atoms with E-state index in [4.69, 9.17) is 4.74 Å². The van der Waals surface area contributed by atoms with Crippen LogP contribution in [0.2, 0.25) is 0 Å². The van der Waals surface area contributed by atoms with Crippen LogP contribution >= 0.6 is 0 Å². The van der Waals surface area contributed by atoms with E-state index in [0.717, 1.165) is 4.57 Å². The molecule has 0 spiro atoms.